The Balaban J connectivity index is 1.49. The molecule has 0 aliphatic carbocycles. The molecule has 1 aromatic heterocycles. The van der Waals surface area contributed by atoms with Crippen LogP contribution in [0.2, 0.25) is 0 Å². The maximum atomic E-state index is 13.0. The molecule has 4 amide bonds. The predicted molar refractivity (Wildman–Crippen MR) is 110 cm³/mol. The van der Waals surface area contributed by atoms with Gasteiger partial charge in [-0.25, -0.2) is 0 Å². The van der Waals surface area contributed by atoms with Gasteiger partial charge >= 0.3 is 165 Å². The Morgan fingerprint density at radius 3 is 2.70 bits per heavy atom. The minimum atomic E-state index is -0.772. The molecule has 0 spiro atoms. The van der Waals surface area contributed by atoms with Crippen LogP contribution >= 0.6 is 12.6 Å². The SMILES string of the molecule is B=C1c2ccc(CNC(=O)c3ccc(S)nn3)cc2C(=O)N1C1CCC(=O)NC1=O. The first-order valence-electron chi connectivity index (χ1n) is 9.15. The number of carbonyl (C=O) groups is 4. The normalized spacial score (nSPS) is 18.3. The molecular weight excluding hydrogens is 405 g/mol. The van der Waals surface area contributed by atoms with Crippen molar-refractivity contribution in [1.29, 1.82) is 0 Å². The van der Waals surface area contributed by atoms with Gasteiger partial charge in [-0.05, 0) is 0 Å². The number of nitrogens with one attached hydrogen (secondary N) is 2. The van der Waals surface area contributed by atoms with Gasteiger partial charge in [0.2, 0.25) is 0 Å². The van der Waals surface area contributed by atoms with Crippen LogP contribution in [0, 0.1) is 0 Å². The van der Waals surface area contributed by atoms with Gasteiger partial charge in [-0.1, -0.05) is 0 Å². The van der Waals surface area contributed by atoms with E-state index in [1.807, 2.05) is 0 Å². The third kappa shape index (κ3) is 3.63. The van der Waals surface area contributed by atoms with Crippen LogP contribution in [0.15, 0.2) is 35.4 Å². The van der Waals surface area contributed by atoms with E-state index in [1.54, 1.807) is 24.3 Å². The maximum absolute atomic E-state index is 13.0. The van der Waals surface area contributed by atoms with Crippen LogP contribution in [0.4, 0.5) is 0 Å². The summed E-state index contributed by atoms with van der Waals surface area (Å²) in [6.07, 6.45) is 0.413. The van der Waals surface area contributed by atoms with E-state index in [-0.39, 0.29) is 36.9 Å². The average Bonchev–Trinajstić information content (AvgIpc) is 2.97. The molecule has 0 radical (unpaired) electrons. The molecule has 0 bridgehead atoms. The molecule has 3 heterocycles. The third-order valence-electron chi connectivity index (χ3n) is 4.99. The molecule has 0 saturated carbocycles. The number of hydrogen-bond acceptors (Lipinski definition) is 7. The van der Waals surface area contributed by atoms with Crippen molar-refractivity contribution in [2.24, 2.45) is 0 Å². The van der Waals surface area contributed by atoms with Crippen molar-refractivity contribution in [3.05, 3.63) is 52.7 Å². The molecule has 2 aromatic rings. The molecule has 2 aliphatic rings. The van der Waals surface area contributed by atoms with Gasteiger partial charge in [-0.15, -0.1) is 12.6 Å². The Bertz CT molecular complexity index is 1100. The summed E-state index contributed by atoms with van der Waals surface area (Å²) in [5, 5.41) is 12.9. The molecule has 4 rings (SSSR count). The molecule has 2 N–H and O–H groups in total. The van der Waals surface area contributed by atoms with Crippen LogP contribution in [-0.4, -0.2) is 57.8 Å². The van der Waals surface area contributed by atoms with Gasteiger partial charge in [0.1, 0.15) is 0 Å². The molecule has 1 atom stereocenters. The number of thiol groups is 1. The van der Waals surface area contributed by atoms with E-state index in [9.17, 15) is 19.2 Å². The number of hydrogen-bond donors (Lipinski definition) is 3. The van der Waals surface area contributed by atoms with Crippen LogP contribution in [-0.2, 0) is 16.1 Å². The van der Waals surface area contributed by atoms with Gasteiger partial charge in [0.15, 0.2) is 0 Å². The quantitative estimate of drug-likeness (QED) is 0.342. The fourth-order valence-electron chi connectivity index (χ4n) is 3.49. The molecule has 1 saturated heterocycles. The number of rotatable bonds is 4. The summed E-state index contributed by atoms with van der Waals surface area (Å²) in [6.45, 7) is 0.175. The van der Waals surface area contributed by atoms with E-state index >= 15 is 0 Å². The van der Waals surface area contributed by atoms with E-state index < -0.39 is 17.9 Å². The number of nitrogens with zero attached hydrogens (tertiary/aromatic N) is 3. The Hall–Kier alpha value is -3.34. The summed E-state index contributed by atoms with van der Waals surface area (Å²) in [6, 6.07) is 7.48. The van der Waals surface area contributed by atoms with E-state index in [0.29, 0.717) is 27.3 Å². The molecule has 9 nitrogen and oxygen atoms in total. The predicted octanol–water partition coefficient (Wildman–Crippen LogP) is -0.665. The second-order valence-electron chi connectivity index (χ2n) is 6.93. The van der Waals surface area contributed by atoms with Gasteiger partial charge in [0, 0.05) is 0 Å². The topological polar surface area (TPSA) is 121 Å². The van der Waals surface area contributed by atoms with E-state index in [1.165, 1.54) is 11.0 Å². The fraction of sp³-hybridized carbons (Fsp3) is 0.211. The fourth-order valence-corrected chi connectivity index (χ4v) is 3.61. The average molecular weight is 421 g/mol. The number of aromatic nitrogens is 2. The summed E-state index contributed by atoms with van der Waals surface area (Å²) in [4.78, 5) is 50.1. The Morgan fingerprint density at radius 1 is 1.20 bits per heavy atom. The zero-order valence-corrected chi connectivity index (χ0v) is 16.6. The van der Waals surface area contributed by atoms with Gasteiger partial charge in [-0.3, -0.25) is 0 Å². The molecule has 1 unspecified atom stereocenters. The van der Waals surface area contributed by atoms with Crippen molar-refractivity contribution in [2.75, 3.05) is 0 Å². The zero-order valence-electron chi connectivity index (χ0n) is 15.7. The van der Waals surface area contributed by atoms with Crippen molar-refractivity contribution in [1.82, 2.24) is 25.7 Å². The first kappa shape index (κ1) is 20.0. The first-order chi connectivity index (χ1) is 14.3. The molecule has 2 aliphatic heterocycles. The van der Waals surface area contributed by atoms with Crippen LogP contribution in [0.1, 0.15) is 44.8 Å². The number of piperidine rings is 1. The van der Waals surface area contributed by atoms with Crippen LogP contribution < -0.4 is 10.6 Å². The molecule has 150 valence electrons. The van der Waals surface area contributed by atoms with Gasteiger partial charge in [0.05, 0.1) is 0 Å². The second kappa shape index (κ2) is 7.83. The summed E-state index contributed by atoms with van der Waals surface area (Å²) < 4.78 is 0. The van der Waals surface area contributed by atoms with E-state index in [2.05, 4.69) is 40.9 Å². The zero-order chi connectivity index (χ0) is 21.4. The van der Waals surface area contributed by atoms with E-state index in [0.717, 1.165) is 0 Å². The third-order valence-corrected chi connectivity index (χ3v) is 5.23. The number of imide groups is 1. The van der Waals surface area contributed by atoms with Gasteiger partial charge in [0.25, 0.3) is 0 Å². The van der Waals surface area contributed by atoms with Crippen molar-refractivity contribution >= 4 is 49.3 Å². The van der Waals surface area contributed by atoms with Gasteiger partial charge in [-0.2, -0.15) is 0 Å². The van der Waals surface area contributed by atoms with Crippen LogP contribution in [0.5, 0.6) is 0 Å². The standard InChI is InChI=1S/C19H16BN5O4S/c20-16-10-2-1-9(8-21-17(27)12-3-6-15(30)24-23-12)7-11(10)19(29)25(16)13-4-5-14(26)22-18(13)28/h1-3,6-7,13,20H,4-5,8H2,(H,21,27)(H,24,30)(H,22,26,28). The number of carbonyl (C=O) groups excluding carboxylic acids is 4. The van der Waals surface area contributed by atoms with Crippen molar-refractivity contribution in [3.8, 4) is 0 Å². The Kier molecular flexibility index (Phi) is 5.21. The molecular formula is C19H16BN5O4S. The number of benzene rings is 1. The first-order valence-corrected chi connectivity index (χ1v) is 9.60. The monoisotopic (exact) mass is 421 g/mol. The number of fused-ring (bicyclic) bond motifs is 1. The van der Waals surface area contributed by atoms with Crippen molar-refractivity contribution < 1.29 is 19.2 Å². The molecule has 1 fully saturated rings. The summed E-state index contributed by atoms with van der Waals surface area (Å²) >= 11 is 4.03. The molecule has 11 heteroatoms. The van der Waals surface area contributed by atoms with Crippen LogP contribution in [0.3, 0.4) is 0 Å². The van der Waals surface area contributed by atoms with E-state index in [4.69, 9.17) is 0 Å². The summed E-state index contributed by atoms with van der Waals surface area (Å²) in [5.41, 5.74) is 2.29. The molecule has 30 heavy (non-hydrogen) atoms. The summed E-state index contributed by atoms with van der Waals surface area (Å²) in [5.74, 6) is -1.61. The minimum absolute atomic E-state index is 0.155. The van der Waals surface area contributed by atoms with Crippen LogP contribution in [0.25, 0.3) is 0 Å². The second-order valence-corrected chi connectivity index (χ2v) is 7.39. The Morgan fingerprint density at radius 2 is 2.00 bits per heavy atom. The van der Waals surface area contributed by atoms with Crippen molar-refractivity contribution in [2.45, 2.75) is 30.5 Å². The van der Waals surface area contributed by atoms with Crippen molar-refractivity contribution in [3.63, 3.8) is 0 Å². The number of amides is 4. The van der Waals surface area contributed by atoms with Gasteiger partial charge < -0.3 is 0 Å². The Labute approximate surface area is 177 Å². The molecule has 1 aromatic carbocycles. The summed E-state index contributed by atoms with van der Waals surface area (Å²) in [7, 11) is 3.96.